The topological polar surface area (TPSA) is 57.6 Å². The maximum atomic E-state index is 11.6. The molecule has 2 atom stereocenters. The molecule has 2 aliphatic rings. The molecule has 0 radical (unpaired) electrons. The predicted molar refractivity (Wildman–Crippen MR) is 54.3 cm³/mol. The standard InChI is InChI=1S/C11H17NO3/c13-10-3-1-2-6-12(10)9-5-4-8(7-9)11(14)15/h8-9H,1-7H2,(H,14,15)/t8-,9+/m1/s1. The fourth-order valence-corrected chi connectivity index (χ4v) is 2.68. The number of nitrogens with zero attached hydrogens (tertiary/aromatic N) is 1. The van der Waals surface area contributed by atoms with Crippen LogP contribution in [-0.4, -0.2) is 34.5 Å². The molecule has 4 heteroatoms. The van der Waals surface area contributed by atoms with Crippen molar-refractivity contribution in [3.8, 4) is 0 Å². The van der Waals surface area contributed by atoms with E-state index < -0.39 is 5.97 Å². The highest BCUT2D eigenvalue weighted by atomic mass is 16.4. The van der Waals surface area contributed by atoms with Crippen LogP contribution in [-0.2, 0) is 9.59 Å². The molecule has 84 valence electrons. The summed E-state index contributed by atoms with van der Waals surface area (Å²) in [6.45, 7) is 0.829. The van der Waals surface area contributed by atoms with E-state index in [1.807, 2.05) is 4.90 Å². The molecule has 0 aromatic heterocycles. The van der Waals surface area contributed by atoms with Crippen LogP contribution in [0.25, 0.3) is 0 Å². The first-order chi connectivity index (χ1) is 7.18. The summed E-state index contributed by atoms with van der Waals surface area (Å²) in [5, 5.41) is 8.89. The first-order valence-electron chi connectivity index (χ1n) is 5.71. The summed E-state index contributed by atoms with van der Waals surface area (Å²) in [5.41, 5.74) is 0. The number of carbonyl (C=O) groups is 2. The zero-order valence-corrected chi connectivity index (χ0v) is 8.82. The monoisotopic (exact) mass is 211 g/mol. The van der Waals surface area contributed by atoms with E-state index in [2.05, 4.69) is 0 Å². The Kier molecular flexibility index (Phi) is 2.93. The van der Waals surface area contributed by atoms with Crippen molar-refractivity contribution < 1.29 is 14.7 Å². The molecule has 2 rings (SSSR count). The second-order valence-electron chi connectivity index (χ2n) is 4.55. The first-order valence-corrected chi connectivity index (χ1v) is 5.71. The molecule has 0 aromatic carbocycles. The number of carboxylic acid groups (broad SMARTS) is 1. The second kappa shape index (κ2) is 4.21. The highest BCUT2D eigenvalue weighted by Crippen LogP contribution is 2.31. The van der Waals surface area contributed by atoms with E-state index in [1.54, 1.807) is 0 Å². The Morgan fingerprint density at radius 2 is 2.13 bits per heavy atom. The van der Waals surface area contributed by atoms with Crippen molar-refractivity contribution in [3.63, 3.8) is 0 Å². The van der Waals surface area contributed by atoms with Gasteiger partial charge in [-0.15, -0.1) is 0 Å². The predicted octanol–water partition coefficient (Wildman–Crippen LogP) is 1.25. The van der Waals surface area contributed by atoms with Crippen LogP contribution >= 0.6 is 0 Å². The molecule has 0 bridgehead atoms. The number of likely N-dealkylation sites (tertiary alicyclic amines) is 1. The summed E-state index contributed by atoms with van der Waals surface area (Å²) in [7, 11) is 0. The van der Waals surface area contributed by atoms with Crippen LogP contribution in [0.4, 0.5) is 0 Å². The number of piperidine rings is 1. The van der Waals surface area contributed by atoms with Gasteiger partial charge in [-0.3, -0.25) is 9.59 Å². The van der Waals surface area contributed by atoms with Gasteiger partial charge < -0.3 is 10.0 Å². The van der Waals surface area contributed by atoms with E-state index in [0.29, 0.717) is 12.8 Å². The van der Waals surface area contributed by atoms with E-state index in [0.717, 1.165) is 32.2 Å². The van der Waals surface area contributed by atoms with Crippen molar-refractivity contribution >= 4 is 11.9 Å². The zero-order valence-electron chi connectivity index (χ0n) is 8.82. The van der Waals surface area contributed by atoms with Crippen LogP contribution in [0.2, 0.25) is 0 Å². The number of aliphatic carboxylic acids is 1. The van der Waals surface area contributed by atoms with Crippen LogP contribution in [0.3, 0.4) is 0 Å². The molecule has 1 saturated carbocycles. The number of carbonyl (C=O) groups excluding carboxylic acids is 1. The summed E-state index contributed by atoms with van der Waals surface area (Å²) < 4.78 is 0. The van der Waals surface area contributed by atoms with Crippen molar-refractivity contribution in [1.29, 1.82) is 0 Å². The van der Waals surface area contributed by atoms with E-state index >= 15 is 0 Å². The van der Waals surface area contributed by atoms with Gasteiger partial charge in [0.25, 0.3) is 0 Å². The minimum absolute atomic E-state index is 0.193. The van der Waals surface area contributed by atoms with Gasteiger partial charge in [-0.25, -0.2) is 0 Å². The lowest BCUT2D eigenvalue weighted by atomic mass is 10.1. The van der Waals surface area contributed by atoms with Gasteiger partial charge in [0.15, 0.2) is 0 Å². The van der Waals surface area contributed by atoms with Crippen molar-refractivity contribution in [2.75, 3.05) is 6.54 Å². The Balaban J connectivity index is 1.94. The van der Waals surface area contributed by atoms with Crippen molar-refractivity contribution in [2.24, 2.45) is 5.92 Å². The fraction of sp³-hybridized carbons (Fsp3) is 0.818. The Bertz CT molecular complexity index is 277. The summed E-state index contributed by atoms with van der Waals surface area (Å²) in [6.07, 6.45) is 4.95. The molecule has 0 aromatic rings. The Morgan fingerprint density at radius 3 is 2.73 bits per heavy atom. The fourth-order valence-electron chi connectivity index (χ4n) is 2.68. The van der Waals surface area contributed by atoms with Crippen LogP contribution in [0.5, 0.6) is 0 Å². The number of rotatable bonds is 2. The number of hydrogen-bond acceptors (Lipinski definition) is 2. The van der Waals surface area contributed by atoms with Gasteiger partial charge in [0.1, 0.15) is 0 Å². The van der Waals surface area contributed by atoms with Gasteiger partial charge in [-0.2, -0.15) is 0 Å². The lowest BCUT2D eigenvalue weighted by Gasteiger charge is -2.32. The van der Waals surface area contributed by atoms with Gasteiger partial charge in [0.05, 0.1) is 5.92 Å². The Labute approximate surface area is 89.3 Å². The maximum Gasteiger partial charge on any atom is 0.306 e. The third-order valence-electron chi connectivity index (χ3n) is 3.55. The number of carboxylic acids is 1. The quantitative estimate of drug-likeness (QED) is 0.748. The molecule has 1 saturated heterocycles. The van der Waals surface area contributed by atoms with E-state index in [1.165, 1.54) is 0 Å². The van der Waals surface area contributed by atoms with Crippen LogP contribution in [0.1, 0.15) is 38.5 Å². The molecular formula is C11H17NO3. The van der Waals surface area contributed by atoms with Gasteiger partial charge in [-0.1, -0.05) is 0 Å². The average molecular weight is 211 g/mol. The third-order valence-corrected chi connectivity index (χ3v) is 3.55. The molecule has 15 heavy (non-hydrogen) atoms. The van der Waals surface area contributed by atoms with Gasteiger partial charge in [0.2, 0.25) is 5.91 Å². The highest BCUT2D eigenvalue weighted by molar-refractivity contribution is 5.77. The largest absolute Gasteiger partial charge is 0.481 e. The highest BCUT2D eigenvalue weighted by Gasteiger charge is 2.35. The number of amides is 1. The minimum atomic E-state index is -0.707. The molecule has 4 nitrogen and oxygen atoms in total. The molecule has 2 fully saturated rings. The zero-order chi connectivity index (χ0) is 10.8. The average Bonchev–Trinajstić information content (AvgIpc) is 2.67. The Morgan fingerprint density at radius 1 is 1.33 bits per heavy atom. The van der Waals surface area contributed by atoms with Gasteiger partial charge in [0, 0.05) is 19.0 Å². The first kappa shape index (κ1) is 10.5. The lowest BCUT2D eigenvalue weighted by Crippen LogP contribution is -2.42. The van der Waals surface area contributed by atoms with E-state index in [4.69, 9.17) is 5.11 Å². The van der Waals surface area contributed by atoms with Crippen LogP contribution < -0.4 is 0 Å². The number of hydrogen-bond donors (Lipinski definition) is 1. The van der Waals surface area contributed by atoms with Crippen molar-refractivity contribution in [3.05, 3.63) is 0 Å². The summed E-state index contributed by atoms with van der Waals surface area (Å²) in [6, 6.07) is 0.193. The molecular weight excluding hydrogens is 194 g/mol. The van der Waals surface area contributed by atoms with Crippen LogP contribution in [0.15, 0.2) is 0 Å². The molecule has 0 spiro atoms. The van der Waals surface area contributed by atoms with Crippen molar-refractivity contribution in [1.82, 2.24) is 4.90 Å². The Hall–Kier alpha value is -1.06. The summed E-state index contributed by atoms with van der Waals surface area (Å²) in [4.78, 5) is 24.4. The van der Waals surface area contributed by atoms with Crippen molar-refractivity contribution in [2.45, 2.75) is 44.6 Å². The molecule has 1 heterocycles. The summed E-state index contributed by atoms with van der Waals surface area (Å²) in [5.74, 6) is -0.719. The molecule has 1 aliphatic carbocycles. The van der Waals surface area contributed by atoms with Gasteiger partial charge >= 0.3 is 5.97 Å². The normalized spacial score (nSPS) is 32.0. The smallest absolute Gasteiger partial charge is 0.306 e. The second-order valence-corrected chi connectivity index (χ2v) is 4.55. The molecule has 1 aliphatic heterocycles. The molecule has 1 N–H and O–H groups in total. The van der Waals surface area contributed by atoms with Crippen LogP contribution in [0, 0.1) is 5.92 Å². The third kappa shape index (κ3) is 2.13. The minimum Gasteiger partial charge on any atom is -0.481 e. The van der Waals surface area contributed by atoms with E-state index in [9.17, 15) is 9.59 Å². The molecule has 0 unspecified atom stereocenters. The van der Waals surface area contributed by atoms with E-state index in [-0.39, 0.29) is 17.9 Å². The summed E-state index contributed by atoms with van der Waals surface area (Å²) >= 11 is 0. The lowest BCUT2D eigenvalue weighted by molar-refractivity contribution is -0.142. The molecule has 1 amide bonds. The maximum absolute atomic E-state index is 11.6. The SMILES string of the molecule is O=C(O)[C@@H]1CC[C@H](N2CCCCC2=O)C1. The van der Waals surface area contributed by atoms with Gasteiger partial charge in [-0.05, 0) is 32.1 Å².